The van der Waals surface area contributed by atoms with Gasteiger partial charge < -0.3 is 9.52 Å². The van der Waals surface area contributed by atoms with Gasteiger partial charge in [-0.2, -0.15) is 0 Å². The third-order valence-electron chi connectivity index (χ3n) is 1.86. The van der Waals surface area contributed by atoms with Crippen LogP contribution in [0.3, 0.4) is 0 Å². The van der Waals surface area contributed by atoms with Gasteiger partial charge in [0.05, 0.1) is 6.26 Å². The first-order valence-corrected chi connectivity index (χ1v) is 4.34. The highest BCUT2D eigenvalue weighted by Gasteiger charge is 1.92. The van der Waals surface area contributed by atoms with Crippen molar-refractivity contribution in [3.63, 3.8) is 0 Å². The van der Waals surface area contributed by atoms with Crippen molar-refractivity contribution in [1.82, 2.24) is 0 Å². The summed E-state index contributed by atoms with van der Waals surface area (Å²) in [6, 6.07) is 12.8. The summed E-state index contributed by atoms with van der Waals surface area (Å²) in [7, 11) is 0. The summed E-state index contributed by atoms with van der Waals surface area (Å²) in [5.41, 5.74) is 0.883. The third-order valence-corrected chi connectivity index (χ3v) is 1.86. The summed E-state index contributed by atoms with van der Waals surface area (Å²) in [4.78, 5) is 0. The quantitative estimate of drug-likeness (QED) is 0.672. The van der Waals surface area contributed by atoms with Crippen molar-refractivity contribution >= 4 is 11.8 Å². The van der Waals surface area contributed by atoms with E-state index in [-0.39, 0.29) is 5.76 Å². The molecule has 1 heterocycles. The Morgan fingerprint density at radius 2 is 1.86 bits per heavy atom. The van der Waals surface area contributed by atoms with Gasteiger partial charge in [0.1, 0.15) is 5.76 Å². The fourth-order valence-corrected chi connectivity index (χ4v) is 1.19. The lowest BCUT2D eigenvalue weighted by molar-refractivity contribution is -0.244. The van der Waals surface area contributed by atoms with Crippen molar-refractivity contribution in [2.75, 3.05) is 0 Å². The van der Waals surface area contributed by atoms with E-state index in [9.17, 15) is 5.11 Å². The molecule has 70 valence electrons. The van der Waals surface area contributed by atoms with Gasteiger partial charge in [-0.05, 0) is 17.7 Å². The molecule has 2 rings (SSSR count). The highest BCUT2D eigenvalue weighted by Crippen LogP contribution is 2.12. The highest BCUT2D eigenvalue weighted by atomic mass is 16.4. The predicted molar refractivity (Wildman–Crippen MR) is 53.0 cm³/mol. The summed E-state index contributed by atoms with van der Waals surface area (Å²) in [5.74, 6) is 0.259. The number of rotatable bonds is 2. The van der Waals surface area contributed by atoms with E-state index in [0.29, 0.717) is 5.76 Å². The number of hydrogen-bond acceptors (Lipinski definition) is 2. The zero-order valence-electron chi connectivity index (χ0n) is 7.51. The van der Waals surface area contributed by atoms with E-state index in [2.05, 4.69) is 0 Å². The molecule has 0 radical (unpaired) electrons. The Bertz CT molecular complexity index is 413. The van der Waals surface area contributed by atoms with Crippen LogP contribution >= 0.6 is 0 Å². The fraction of sp³-hybridized carbons (Fsp3) is 0. The molecule has 0 N–H and O–H groups in total. The Hall–Kier alpha value is -1.96. The topological polar surface area (TPSA) is 36.2 Å². The van der Waals surface area contributed by atoms with Gasteiger partial charge in [0.2, 0.25) is 0 Å². The number of hydrogen-bond donors (Lipinski definition) is 0. The second-order valence-electron chi connectivity index (χ2n) is 2.90. The van der Waals surface area contributed by atoms with Gasteiger partial charge in [0.25, 0.3) is 0 Å². The minimum absolute atomic E-state index is 0.110. The molecule has 0 amide bonds. The van der Waals surface area contributed by atoms with Crippen molar-refractivity contribution in [3.8, 4) is 0 Å². The number of benzene rings is 1. The van der Waals surface area contributed by atoms with Gasteiger partial charge in [-0.3, -0.25) is 0 Å². The zero-order chi connectivity index (χ0) is 9.80. The fourth-order valence-electron chi connectivity index (χ4n) is 1.19. The molecule has 0 aliphatic carbocycles. The minimum atomic E-state index is -0.110. The lowest BCUT2D eigenvalue weighted by Gasteiger charge is -2.07. The van der Waals surface area contributed by atoms with E-state index < -0.39 is 0 Å². The van der Waals surface area contributed by atoms with Crippen LogP contribution in [-0.2, 0) is 0 Å². The second-order valence-corrected chi connectivity index (χ2v) is 2.90. The molecule has 0 atom stereocenters. The van der Waals surface area contributed by atoms with Crippen LogP contribution in [0.1, 0.15) is 11.3 Å². The number of furan rings is 1. The van der Waals surface area contributed by atoms with E-state index in [1.54, 1.807) is 18.2 Å². The maximum atomic E-state index is 11.5. The van der Waals surface area contributed by atoms with E-state index in [1.807, 2.05) is 30.3 Å². The highest BCUT2D eigenvalue weighted by molar-refractivity contribution is 5.72. The normalized spacial score (nSPS) is 11.6. The Balaban J connectivity index is 2.28. The molecule has 1 aromatic carbocycles. The largest absolute Gasteiger partial charge is 0.870 e. The summed E-state index contributed by atoms with van der Waals surface area (Å²) in [6.07, 6.45) is 3.05. The molecule has 0 saturated carbocycles. The van der Waals surface area contributed by atoms with Gasteiger partial charge in [-0.1, -0.05) is 42.2 Å². The SMILES string of the molecule is [O-]/C(=C\c1ccccc1)c1ccco1. The summed E-state index contributed by atoms with van der Waals surface area (Å²) < 4.78 is 4.99. The van der Waals surface area contributed by atoms with E-state index in [1.165, 1.54) is 6.26 Å². The molecule has 2 heteroatoms. The average Bonchev–Trinajstić information content (AvgIpc) is 2.72. The van der Waals surface area contributed by atoms with Crippen LogP contribution in [0.2, 0.25) is 0 Å². The van der Waals surface area contributed by atoms with Crippen LogP contribution in [0.5, 0.6) is 0 Å². The Morgan fingerprint density at radius 1 is 1.07 bits per heavy atom. The standard InChI is InChI=1S/C12H10O2/c13-11(12-7-4-8-14-12)9-10-5-2-1-3-6-10/h1-9,13H/p-1/b11-9-. The van der Waals surface area contributed by atoms with Gasteiger partial charge in [0.15, 0.2) is 0 Å². The first kappa shape index (κ1) is 8.63. The van der Waals surface area contributed by atoms with Gasteiger partial charge in [-0.25, -0.2) is 0 Å². The first-order chi connectivity index (χ1) is 6.86. The monoisotopic (exact) mass is 185 g/mol. The van der Waals surface area contributed by atoms with Crippen LogP contribution < -0.4 is 5.11 Å². The van der Waals surface area contributed by atoms with Crippen molar-refractivity contribution in [1.29, 1.82) is 0 Å². The van der Waals surface area contributed by atoms with E-state index in [0.717, 1.165) is 5.56 Å². The van der Waals surface area contributed by atoms with Gasteiger partial charge in [-0.15, -0.1) is 0 Å². The minimum Gasteiger partial charge on any atom is -0.870 e. The van der Waals surface area contributed by atoms with Crippen molar-refractivity contribution < 1.29 is 9.52 Å². The summed E-state index contributed by atoms with van der Waals surface area (Å²) in [6.45, 7) is 0. The molecule has 0 fully saturated rings. The molecule has 0 unspecified atom stereocenters. The molecule has 0 bridgehead atoms. The van der Waals surface area contributed by atoms with Crippen LogP contribution in [-0.4, -0.2) is 0 Å². The molecule has 2 nitrogen and oxygen atoms in total. The van der Waals surface area contributed by atoms with Crippen LogP contribution in [0.4, 0.5) is 0 Å². The second kappa shape index (κ2) is 3.83. The molecule has 0 aliphatic rings. The Morgan fingerprint density at radius 3 is 2.50 bits per heavy atom. The maximum Gasteiger partial charge on any atom is 0.118 e. The summed E-state index contributed by atoms with van der Waals surface area (Å²) >= 11 is 0. The zero-order valence-corrected chi connectivity index (χ0v) is 7.51. The molecular weight excluding hydrogens is 176 g/mol. The van der Waals surface area contributed by atoms with Gasteiger partial charge in [0, 0.05) is 0 Å². The van der Waals surface area contributed by atoms with E-state index in [4.69, 9.17) is 4.42 Å². The van der Waals surface area contributed by atoms with Crippen molar-refractivity contribution in [2.45, 2.75) is 0 Å². The smallest absolute Gasteiger partial charge is 0.118 e. The van der Waals surface area contributed by atoms with Crippen LogP contribution in [0.25, 0.3) is 11.8 Å². The van der Waals surface area contributed by atoms with Crippen molar-refractivity contribution in [3.05, 3.63) is 60.1 Å². The van der Waals surface area contributed by atoms with Crippen molar-refractivity contribution in [2.24, 2.45) is 0 Å². The molecule has 0 saturated heterocycles. The maximum absolute atomic E-state index is 11.5. The van der Waals surface area contributed by atoms with E-state index >= 15 is 0 Å². The first-order valence-electron chi connectivity index (χ1n) is 4.34. The molecule has 1 aromatic heterocycles. The molecular formula is C12H9O2-. The van der Waals surface area contributed by atoms with Crippen LogP contribution in [0, 0.1) is 0 Å². The molecule has 0 aliphatic heterocycles. The predicted octanol–water partition coefficient (Wildman–Crippen LogP) is 2.14. The van der Waals surface area contributed by atoms with Crippen LogP contribution in [0.15, 0.2) is 53.1 Å². The lowest BCUT2D eigenvalue weighted by atomic mass is 10.2. The Kier molecular flexibility index (Phi) is 2.36. The summed E-state index contributed by atoms with van der Waals surface area (Å²) in [5, 5.41) is 11.5. The Labute approximate surface area is 82.1 Å². The molecule has 2 aromatic rings. The third kappa shape index (κ3) is 1.85. The average molecular weight is 185 g/mol. The molecule has 14 heavy (non-hydrogen) atoms. The van der Waals surface area contributed by atoms with Gasteiger partial charge >= 0.3 is 0 Å². The molecule has 0 spiro atoms. The lowest BCUT2D eigenvalue weighted by Crippen LogP contribution is -2.00.